The van der Waals surface area contributed by atoms with Gasteiger partial charge >= 0.3 is 0 Å². The van der Waals surface area contributed by atoms with E-state index in [1.807, 2.05) is 4.72 Å². The molecule has 1 N–H and O–H groups in total. The van der Waals surface area contributed by atoms with E-state index in [1.54, 1.807) is 42.5 Å². The van der Waals surface area contributed by atoms with Gasteiger partial charge in [0, 0.05) is 11.3 Å². The van der Waals surface area contributed by atoms with Gasteiger partial charge in [-0.25, -0.2) is 21.6 Å². The Morgan fingerprint density at radius 1 is 0.903 bits per heavy atom. The van der Waals surface area contributed by atoms with Gasteiger partial charge < -0.3 is 4.74 Å². The average Bonchev–Trinajstić information content (AvgIpc) is 2.72. The van der Waals surface area contributed by atoms with E-state index in [4.69, 9.17) is 16.3 Å². The molecule has 0 aromatic heterocycles. The summed E-state index contributed by atoms with van der Waals surface area (Å²) in [5, 5.41) is 0.542. The molecule has 3 aromatic rings. The molecule has 0 aliphatic rings. The number of nitrogens with one attached hydrogen (secondary N) is 1. The smallest absolute Gasteiger partial charge is 0.268 e. The van der Waals surface area contributed by atoms with Crippen molar-refractivity contribution in [2.45, 2.75) is 16.4 Å². The molecule has 1 amide bonds. The van der Waals surface area contributed by atoms with Gasteiger partial charge in [-0.15, -0.1) is 0 Å². The van der Waals surface area contributed by atoms with E-state index >= 15 is 0 Å². The lowest BCUT2D eigenvalue weighted by molar-refractivity contribution is 0.0977. The molecule has 0 atom stereocenters. The Balaban J connectivity index is 1.78. The third-order valence-corrected chi connectivity index (χ3v) is 6.91. The highest BCUT2D eigenvalue weighted by molar-refractivity contribution is 7.91. The molecule has 162 valence electrons. The largest absolute Gasteiger partial charge is 0.488 e. The Kier molecular flexibility index (Phi) is 6.68. The summed E-state index contributed by atoms with van der Waals surface area (Å²) in [4.78, 5) is 12.4. The first kappa shape index (κ1) is 22.8. The van der Waals surface area contributed by atoms with Crippen molar-refractivity contribution in [2.24, 2.45) is 0 Å². The maximum Gasteiger partial charge on any atom is 0.268 e. The van der Waals surface area contributed by atoms with Crippen LogP contribution in [-0.4, -0.2) is 29.0 Å². The summed E-state index contributed by atoms with van der Waals surface area (Å²) in [5.41, 5.74) is 0.808. The summed E-state index contributed by atoms with van der Waals surface area (Å²) in [6.45, 7) is 0.130. The zero-order valence-electron chi connectivity index (χ0n) is 16.3. The zero-order chi connectivity index (χ0) is 22.6. The number of hydrogen-bond acceptors (Lipinski definition) is 6. The van der Waals surface area contributed by atoms with Crippen LogP contribution in [-0.2, 0) is 26.5 Å². The van der Waals surface area contributed by atoms with Crippen LogP contribution in [0.2, 0.25) is 5.02 Å². The van der Waals surface area contributed by atoms with Crippen molar-refractivity contribution >= 4 is 37.4 Å². The quantitative estimate of drug-likeness (QED) is 0.556. The van der Waals surface area contributed by atoms with E-state index in [0.717, 1.165) is 36.1 Å². The molecule has 0 bridgehead atoms. The summed E-state index contributed by atoms with van der Waals surface area (Å²) in [6, 6.07) is 17.8. The first-order valence-corrected chi connectivity index (χ1v) is 12.6. The second-order valence-electron chi connectivity index (χ2n) is 6.59. The van der Waals surface area contributed by atoms with Crippen LogP contribution in [0.3, 0.4) is 0 Å². The first-order chi connectivity index (χ1) is 14.6. The molecule has 7 nitrogen and oxygen atoms in total. The maximum absolute atomic E-state index is 12.7. The Morgan fingerprint density at radius 3 is 2.19 bits per heavy atom. The number of benzene rings is 3. The van der Waals surface area contributed by atoms with E-state index in [-0.39, 0.29) is 27.7 Å². The molecule has 10 heteroatoms. The van der Waals surface area contributed by atoms with Crippen molar-refractivity contribution in [3.05, 3.63) is 88.9 Å². The van der Waals surface area contributed by atoms with E-state index in [1.165, 1.54) is 6.07 Å². The number of ether oxygens (including phenoxy) is 1. The standard InChI is InChI=1S/C21H18ClNO6S2/c1-30(25,26)17-9-11-18(12-10-17)31(27,28)23-21(24)19-7-2-3-8-20(19)29-14-15-5-4-6-16(22)13-15/h2-13H,14H2,1H3,(H,23,24). The van der Waals surface area contributed by atoms with Crippen molar-refractivity contribution in [2.75, 3.05) is 6.26 Å². The SMILES string of the molecule is CS(=O)(=O)c1ccc(S(=O)(=O)NC(=O)c2ccccc2OCc2cccc(Cl)c2)cc1. The van der Waals surface area contributed by atoms with Crippen LogP contribution in [0.25, 0.3) is 0 Å². The van der Waals surface area contributed by atoms with Crippen LogP contribution in [0.5, 0.6) is 5.75 Å². The van der Waals surface area contributed by atoms with Crippen LogP contribution >= 0.6 is 11.6 Å². The van der Waals surface area contributed by atoms with Crippen molar-refractivity contribution < 1.29 is 26.4 Å². The number of para-hydroxylation sites is 1. The molecule has 0 aliphatic heterocycles. The number of rotatable bonds is 7. The van der Waals surface area contributed by atoms with Crippen LogP contribution < -0.4 is 9.46 Å². The monoisotopic (exact) mass is 479 g/mol. The van der Waals surface area contributed by atoms with Crippen molar-refractivity contribution in [3.8, 4) is 5.75 Å². The molecular weight excluding hydrogens is 462 g/mol. The fourth-order valence-corrected chi connectivity index (χ4v) is 4.48. The number of halogens is 1. The number of sulfone groups is 1. The second-order valence-corrected chi connectivity index (χ2v) is 10.7. The van der Waals surface area contributed by atoms with Gasteiger partial charge in [0.2, 0.25) is 0 Å². The number of sulfonamides is 1. The van der Waals surface area contributed by atoms with E-state index in [9.17, 15) is 21.6 Å². The topological polar surface area (TPSA) is 107 Å². The Hall–Kier alpha value is -2.88. The van der Waals surface area contributed by atoms with Gasteiger partial charge in [0.15, 0.2) is 9.84 Å². The van der Waals surface area contributed by atoms with E-state index < -0.39 is 25.8 Å². The molecular formula is C21H18ClNO6S2. The highest BCUT2D eigenvalue weighted by atomic mass is 35.5. The lowest BCUT2D eigenvalue weighted by Crippen LogP contribution is -2.31. The molecule has 0 saturated heterocycles. The fourth-order valence-electron chi connectivity index (χ4n) is 2.67. The summed E-state index contributed by atoms with van der Waals surface area (Å²) in [5.74, 6) is -0.684. The van der Waals surface area contributed by atoms with Crippen LogP contribution in [0, 0.1) is 0 Å². The van der Waals surface area contributed by atoms with Crippen LogP contribution in [0.1, 0.15) is 15.9 Å². The Morgan fingerprint density at radius 2 is 1.55 bits per heavy atom. The molecule has 3 aromatic carbocycles. The van der Waals surface area contributed by atoms with Crippen LogP contribution in [0.15, 0.2) is 82.6 Å². The summed E-state index contributed by atoms with van der Waals surface area (Å²) >= 11 is 5.95. The summed E-state index contributed by atoms with van der Waals surface area (Å²) < 4.78 is 55.9. The molecule has 0 aliphatic carbocycles. The predicted molar refractivity (Wildman–Crippen MR) is 116 cm³/mol. The molecule has 0 fully saturated rings. The number of amides is 1. The molecule has 0 saturated carbocycles. The normalized spacial score (nSPS) is 11.7. The minimum atomic E-state index is -4.23. The lowest BCUT2D eigenvalue weighted by atomic mass is 10.2. The molecule has 31 heavy (non-hydrogen) atoms. The van der Waals surface area contributed by atoms with Gasteiger partial charge in [-0.2, -0.15) is 0 Å². The Bertz CT molecular complexity index is 1320. The second kappa shape index (κ2) is 9.09. The summed E-state index contributed by atoms with van der Waals surface area (Å²) in [6.07, 6.45) is 1.01. The Labute approximate surface area is 185 Å². The molecule has 3 rings (SSSR count). The van der Waals surface area contributed by atoms with Gasteiger partial charge in [0.1, 0.15) is 12.4 Å². The number of carbonyl (C=O) groups excluding carboxylic acids is 1. The number of carbonyl (C=O) groups is 1. The zero-order valence-corrected chi connectivity index (χ0v) is 18.7. The first-order valence-electron chi connectivity index (χ1n) is 8.90. The van der Waals surface area contributed by atoms with Gasteiger partial charge in [-0.3, -0.25) is 4.79 Å². The van der Waals surface area contributed by atoms with E-state index in [2.05, 4.69) is 0 Å². The molecule has 0 unspecified atom stereocenters. The molecule has 0 heterocycles. The third-order valence-electron chi connectivity index (χ3n) is 4.20. The third kappa shape index (κ3) is 5.84. The van der Waals surface area contributed by atoms with Crippen molar-refractivity contribution in [3.63, 3.8) is 0 Å². The maximum atomic E-state index is 12.7. The van der Waals surface area contributed by atoms with Crippen molar-refractivity contribution in [1.29, 1.82) is 0 Å². The molecule has 0 spiro atoms. The predicted octanol–water partition coefficient (Wildman–Crippen LogP) is 3.44. The van der Waals surface area contributed by atoms with Gasteiger partial charge in [0.05, 0.1) is 15.4 Å². The van der Waals surface area contributed by atoms with Gasteiger partial charge in [0.25, 0.3) is 15.9 Å². The lowest BCUT2D eigenvalue weighted by Gasteiger charge is -2.12. The highest BCUT2D eigenvalue weighted by Crippen LogP contribution is 2.21. The molecule has 0 radical (unpaired) electrons. The van der Waals surface area contributed by atoms with E-state index in [0.29, 0.717) is 5.02 Å². The van der Waals surface area contributed by atoms with Gasteiger partial charge in [-0.1, -0.05) is 35.9 Å². The fraction of sp³-hybridized carbons (Fsp3) is 0.0952. The minimum Gasteiger partial charge on any atom is -0.488 e. The van der Waals surface area contributed by atoms with Gasteiger partial charge in [-0.05, 0) is 54.1 Å². The number of hydrogen-bond donors (Lipinski definition) is 1. The average molecular weight is 480 g/mol. The minimum absolute atomic E-state index is 0.0286. The summed E-state index contributed by atoms with van der Waals surface area (Å²) in [7, 11) is -7.70. The van der Waals surface area contributed by atoms with Crippen molar-refractivity contribution in [1.82, 2.24) is 4.72 Å². The van der Waals surface area contributed by atoms with Crippen LogP contribution in [0.4, 0.5) is 0 Å². The highest BCUT2D eigenvalue weighted by Gasteiger charge is 2.22.